The Balaban J connectivity index is 2.18. The SMILES string of the molecule is CCC(=O)NC(C)c1ccc(/C=C/C(=O)CC(c2cccc(C(F)(F)F)c2)C(F)(F)F)cc1F. The molecule has 2 aromatic carbocycles. The number of hydrogen-bond donors (Lipinski definition) is 1. The quantitative estimate of drug-likeness (QED) is 0.329. The highest BCUT2D eigenvalue weighted by atomic mass is 19.4. The molecule has 0 radical (unpaired) electrons. The van der Waals surface area contributed by atoms with Crippen LogP contribution in [0.2, 0.25) is 0 Å². The molecule has 10 heteroatoms. The van der Waals surface area contributed by atoms with Gasteiger partial charge in [0.05, 0.1) is 17.5 Å². The van der Waals surface area contributed by atoms with Crippen molar-refractivity contribution in [3.05, 3.63) is 76.6 Å². The van der Waals surface area contributed by atoms with Gasteiger partial charge in [0.2, 0.25) is 5.91 Å². The number of hydrogen-bond acceptors (Lipinski definition) is 2. The minimum atomic E-state index is -4.96. The van der Waals surface area contributed by atoms with E-state index in [4.69, 9.17) is 0 Å². The van der Waals surface area contributed by atoms with E-state index in [0.717, 1.165) is 30.4 Å². The third-order valence-corrected chi connectivity index (χ3v) is 5.07. The first-order valence-corrected chi connectivity index (χ1v) is 10.3. The molecule has 0 bridgehead atoms. The van der Waals surface area contributed by atoms with Crippen molar-refractivity contribution in [1.82, 2.24) is 5.32 Å². The van der Waals surface area contributed by atoms with Gasteiger partial charge in [-0.05, 0) is 36.3 Å². The molecule has 1 N–H and O–H groups in total. The number of rotatable bonds is 8. The van der Waals surface area contributed by atoms with Crippen LogP contribution in [0.15, 0.2) is 48.5 Å². The fourth-order valence-electron chi connectivity index (χ4n) is 3.23. The molecular formula is C24H22F7NO2. The van der Waals surface area contributed by atoms with Gasteiger partial charge in [-0.25, -0.2) is 4.39 Å². The minimum absolute atomic E-state index is 0.186. The first-order chi connectivity index (χ1) is 15.7. The summed E-state index contributed by atoms with van der Waals surface area (Å²) in [6.07, 6.45) is -8.74. The lowest BCUT2D eigenvalue weighted by Crippen LogP contribution is -2.26. The number of benzene rings is 2. The molecule has 0 fully saturated rings. The summed E-state index contributed by atoms with van der Waals surface area (Å²) < 4.78 is 93.6. The van der Waals surface area contributed by atoms with E-state index in [1.54, 1.807) is 13.8 Å². The van der Waals surface area contributed by atoms with Gasteiger partial charge in [-0.3, -0.25) is 9.59 Å². The summed E-state index contributed by atoms with van der Waals surface area (Å²) in [7, 11) is 0. The monoisotopic (exact) mass is 489 g/mol. The lowest BCUT2D eigenvalue weighted by molar-refractivity contribution is -0.156. The number of carbonyl (C=O) groups excluding carboxylic acids is 2. The van der Waals surface area contributed by atoms with Gasteiger partial charge in [-0.15, -0.1) is 0 Å². The van der Waals surface area contributed by atoms with Crippen LogP contribution in [0.5, 0.6) is 0 Å². The van der Waals surface area contributed by atoms with Crippen molar-refractivity contribution in [3.63, 3.8) is 0 Å². The van der Waals surface area contributed by atoms with Gasteiger partial charge >= 0.3 is 12.4 Å². The van der Waals surface area contributed by atoms with Crippen LogP contribution in [0.1, 0.15) is 60.9 Å². The zero-order chi connectivity index (χ0) is 25.7. The molecule has 0 aliphatic heterocycles. The van der Waals surface area contributed by atoms with E-state index in [0.29, 0.717) is 12.1 Å². The minimum Gasteiger partial charge on any atom is -0.349 e. The molecule has 0 saturated heterocycles. The molecule has 1 amide bonds. The van der Waals surface area contributed by atoms with Crippen molar-refractivity contribution in [2.75, 3.05) is 0 Å². The van der Waals surface area contributed by atoms with E-state index in [2.05, 4.69) is 5.32 Å². The molecule has 184 valence electrons. The molecule has 0 aliphatic rings. The topological polar surface area (TPSA) is 46.2 Å². The zero-order valence-electron chi connectivity index (χ0n) is 18.2. The van der Waals surface area contributed by atoms with Crippen LogP contribution in [0.4, 0.5) is 30.7 Å². The first kappa shape index (κ1) is 27.1. The molecular weight excluding hydrogens is 467 g/mol. The largest absolute Gasteiger partial charge is 0.416 e. The van der Waals surface area contributed by atoms with Gasteiger partial charge in [0.25, 0.3) is 0 Å². The van der Waals surface area contributed by atoms with Crippen LogP contribution >= 0.6 is 0 Å². The van der Waals surface area contributed by atoms with Crippen molar-refractivity contribution in [1.29, 1.82) is 0 Å². The van der Waals surface area contributed by atoms with Crippen molar-refractivity contribution < 1.29 is 40.3 Å². The lowest BCUT2D eigenvalue weighted by atomic mass is 9.91. The maximum absolute atomic E-state index is 14.4. The van der Waals surface area contributed by atoms with Crippen molar-refractivity contribution >= 4 is 17.8 Å². The molecule has 0 saturated carbocycles. The van der Waals surface area contributed by atoms with Gasteiger partial charge in [-0.2, -0.15) is 26.3 Å². The second-order valence-electron chi connectivity index (χ2n) is 7.64. The van der Waals surface area contributed by atoms with Gasteiger partial charge in [0.1, 0.15) is 5.82 Å². The second-order valence-corrected chi connectivity index (χ2v) is 7.64. The molecule has 2 atom stereocenters. The Morgan fingerprint density at radius 3 is 2.26 bits per heavy atom. The van der Waals surface area contributed by atoms with Crippen molar-refractivity contribution in [3.8, 4) is 0 Å². The van der Waals surface area contributed by atoms with Crippen molar-refractivity contribution in [2.24, 2.45) is 0 Å². The maximum Gasteiger partial charge on any atom is 0.416 e. The Morgan fingerprint density at radius 2 is 1.71 bits per heavy atom. The number of nitrogens with one attached hydrogen (secondary N) is 1. The summed E-state index contributed by atoms with van der Waals surface area (Å²) >= 11 is 0. The Morgan fingerprint density at radius 1 is 1.03 bits per heavy atom. The van der Waals surface area contributed by atoms with E-state index in [1.165, 1.54) is 12.1 Å². The highest BCUT2D eigenvalue weighted by Gasteiger charge is 2.42. The summed E-state index contributed by atoms with van der Waals surface area (Å²) in [6, 6.07) is 6.00. The van der Waals surface area contributed by atoms with E-state index >= 15 is 0 Å². The molecule has 0 heterocycles. The Bertz CT molecular complexity index is 1060. The van der Waals surface area contributed by atoms with Crippen molar-refractivity contribution in [2.45, 2.75) is 51.0 Å². The zero-order valence-corrected chi connectivity index (χ0v) is 18.2. The summed E-state index contributed by atoms with van der Waals surface area (Å²) in [4.78, 5) is 23.7. The highest BCUT2D eigenvalue weighted by Crippen LogP contribution is 2.40. The van der Waals surface area contributed by atoms with Gasteiger partial charge < -0.3 is 5.32 Å². The predicted molar refractivity (Wildman–Crippen MR) is 112 cm³/mol. The fourth-order valence-corrected chi connectivity index (χ4v) is 3.23. The number of amides is 1. The average molecular weight is 489 g/mol. The molecule has 2 rings (SSSR count). The standard InChI is InChI=1S/C24H22F7NO2/c1-3-22(34)32-14(2)19-10-8-15(11-21(19)25)7-9-18(33)13-20(24(29,30)31)16-5-4-6-17(12-16)23(26,27)28/h4-12,14,20H,3,13H2,1-2H3,(H,32,34)/b9-7+. The smallest absolute Gasteiger partial charge is 0.349 e. The van der Waals surface area contributed by atoms with Crippen LogP contribution in [-0.4, -0.2) is 17.9 Å². The molecule has 34 heavy (non-hydrogen) atoms. The average Bonchev–Trinajstić information content (AvgIpc) is 2.74. The number of allylic oxidation sites excluding steroid dienone is 1. The van der Waals surface area contributed by atoms with Crippen LogP contribution in [0.25, 0.3) is 6.08 Å². The third-order valence-electron chi connectivity index (χ3n) is 5.07. The Kier molecular flexibility index (Phi) is 8.63. The van der Waals surface area contributed by atoms with Crippen LogP contribution in [0.3, 0.4) is 0 Å². The highest BCUT2D eigenvalue weighted by molar-refractivity contribution is 5.94. The Labute approximate surface area is 191 Å². The Hall–Kier alpha value is -3.17. The lowest BCUT2D eigenvalue weighted by Gasteiger charge is -2.20. The molecule has 3 nitrogen and oxygen atoms in total. The molecule has 0 aliphatic carbocycles. The van der Waals surface area contributed by atoms with E-state index in [9.17, 15) is 40.3 Å². The third kappa shape index (κ3) is 7.43. The predicted octanol–water partition coefficient (Wildman–Crippen LogP) is 6.75. The van der Waals surface area contributed by atoms with Gasteiger partial charge in [0.15, 0.2) is 5.78 Å². The normalized spacial score (nSPS) is 14.1. The summed E-state index contributed by atoms with van der Waals surface area (Å²) in [5.41, 5.74) is -1.55. The first-order valence-electron chi connectivity index (χ1n) is 10.3. The fraction of sp³-hybridized carbons (Fsp3) is 0.333. The number of halogens is 7. The van der Waals surface area contributed by atoms with Crippen LogP contribution in [-0.2, 0) is 15.8 Å². The summed E-state index contributed by atoms with van der Waals surface area (Å²) in [6.45, 7) is 3.22. The number of ketones is 1. The second kappa shape index (κ2) is 10.8. The van der Waals surface area contributed by atoms with Crippen LogP contribution < -0.4 is 5.32 Å². The van der Waals surface area contributed by atoms with E-state index < -0.39 is 53.5 Å². The van der Waals surface area contributed by atoms with E-state index in [1.807, 2.05) is 0 Å². The maximum atomic E-state index is 14.4. The van der Waals surface area contributed by atoms with Gasteiger partial charge in [-0.1, -0.05) is 43.3 Å². The van der Waals surface area contributed by atoms with Crippen LogP contribution in [0, 0.1) is 5.82 Å². The molecule has 2 unspecified atom stereocenters. The summed E-state index contributed by atoms with van der Waals surface area (Å²) in [5.74, 6) is -4.39. The van der Waals surface area contributed by atoms with E-state index in [-0.39, 0.29) is 23.5 Å². The molecule has 0 aromatic heterocycles. The molecule has 0 spiro atoms. The number of carbonyl (C=O) groups is 2. The van der Waals surface area contributed by atoms with Gasteiger partial charge in [0, 0.05) is 18.4 Å². The molecule has 2 aromatic rings. The summed E-state index contributed by atoms with van der Waals surface area (Å²) in [5, 5.41) is 2.59. The number of alkyl halides is 6.